The number of benzene rings is 3. The van der Waals surface area contributed by atoms with E-state index in [4.69, 9.17) is 37.1 Å². The van der Waals surface area contributed by atoms with Crippen LogP contribution in [0.15, 0.2) is 71.4 Å². The Hall–Kier alpha value is -3.41. The van der Waals surface area contributed by atoms with E-state index in [-0.39, 0.29) is 5.91 Å². The Bertz CT molecular complexity index is 1370. The molecule has 0 saturated heterocycles. The summed E-state index contributed by atoms with van der Waals surface area (Å²) < 4.78 is 16.9. The van der Waals surface area contributed by atoms with E-state index in [2.05, 4.69) is 5.32 Å². The molecule has 0 unspecified atom stereocenters. The van der Waals surface area contributed by atoms with Gasteiger partial charge >= 0.3 is 0 Å². The van der Waals surface area contributed by atoms with Gasteiger partial charge in [0.05, 0.1) is 30.5 Å². The Kier molecular flexibility index (Phi) is 6.63. The van der Waals surface area contributed by atoms with Gasteiger partial charge in [0.15, 0.2) is 0 Å². The van der Waals surface area contributed by atoms with Gasteiger partial charge in [-0.15, -0.1) is 0 Å². The Balaban J connectivity index is 1.72. The van der Waals surface area contributed by atoms with Crippen LogP contribution in [-0.4, -0.2) is 20.1 Å². The third kappa shape index (κ3) is 4.70. The van der Waals surface area contributed by atoms with Gasteiger partial charge in [-0.25, -0.2) is 0 Å². The average Bonchev–Trinajstić information content (AvgIpc) is 3.23. The number of fused-ring (bicyclic) bond motifs is 1. The van der Waals surface area contributed by atoms with Gasteiger partial charge in [-0.1, -0.05) is 41.4 Å². The van der Waals surface area contributed by atoms with Gasteiger partial charge in [-0.2, -0.15) is 0 Å². The summed E-state index contributed by atoms with van der Waals surface area (Å²) in [6, 6.07) is 16.4. The number of halogens is 2. The van der Waals surface area contributed by atoms with Crippen LogP contribution in [0.2, 0.25) is 10.0 Å². The predicted molar refractivity (Wildman–Crippen MR) is 133 cm³/mol. The number of anilines is 1. The van der Waals surface area contributed by atoms with Gasteiger partial charge in [0.25, 0.3) is 0 Å². The molecule has 0 spiro atoms. The van der Waals surface area contributed by atoms with Crippen molar-refractivity contribution in [3.63, 3.8) is 0 Å². The summed E-state index contributed by atoms with van der Waals surface area (Å²) in [7, 11) is 3.22. The maximum absolute atomic E-state index is 12.6. The summed E-state index contributed by atoms with van der Waals surface area (Å²) in [5, 5.41) is 4.47. The normalized spacial score (nSPS) is 11.5. The zero-order valence-electron chi connectivity index (χ0n) is 18.2. The first-order chi connectivity index (χ1) is 15.9. The molecule has 1 heterocycles. The van der Waals surface area contributed by atoms with Gasteiger partial charge in [-0.05, 0) is 42.8 Å². The number of ether oxygens (including phenoxy) is 2. The molecule has 0 fully saturated rings. The molecule has 0 aliphatic carbocycles. The lowest BCUT2D eigenvalue weighted by molar-refractivity contribution is -0.111. The number of nitrogens with one attached hydrogen (secondary N) is 1. The van der Waals surface area contributed by atoms with Crippen molar-refractivity contribution in [1.82, 2.24) is 0 Å². The van der Waals surface area contributed by atoms with Crippen LogP contribution in [0.4, 0.5) is 5.69 Å². The fraction of sp³-hybridized carbons (Fsp3) is 0.115. The number of carbonyl (C=O) groups is 1. The lowest BCUT2D eigenvalue weighted by Gasteiger charge is -2.11. The smallest absolute Gasteiger partial charge is 0.248 e. The van der Waals surface area contributed by atoms with Crippen LogP contribution >= 0.6 is 23.2 Å². The van der Waals surface area contributed by atoms with Crippen molar-refractivity contribution in [3.8, 4) is 22.6 Å². The van der Waals surface area contributed by atoms with Crippen LogP contribution < -0.4 is 14.8 Å². The molecule has 1 aromatic heterocycles. The standard InChI is InChI=1S/C26H21Cl2NO4/c1-15(10-26(30)29-16-8-9-21(27)22(28)11-16)18-12-19-20(14-33-25(19)13-24(18)32-3)17-6-4-5-7-23(17)31-2/h4-14H,1-3H3,(H,29,30)/b15-10+. The van der Waals surface area contributed by atoms with Crippen LogP contribution in [-0.2, 0) is 4.79 Å². The largest absolute Gasteiger partial charge is 0.496 e. The van der Waals surface area contributed by atoms with Crippen LogP contribution in [0, 0.1) is 0 Å². The molecule has 3 aromatic carbocycles. The van der Waals surface area contributed by atoms with Gasteiger partial charge in [0, 0.05) is 39.9 Å². The number of para-hydroxylation sites is 1. The van der Waals surface area contributed by atoms with Crippen molar-refractivity contribution in [1.29, 1.82) is 0 Å². The topological polar surface area (TPSA) is 60.7 Å². The van der Waals surface area contributed by atoms with Crippen LogP contribution in [0.5, 0.6) is 11.5 Å². The number of furan rings is 1. The molecule has 0 saturated carbocycles. The third-order valence-electron chi connectivity index (χ3n) is 5.25. The number of hydrogen-bond acceptors (Lipinski definition) is 4. The Morgan fingerprint density at radius 3 is 2.42 bits per heavy atom. The molecule has 4 aromatic rings. The van der Waals surface area contributed by atoms with Crippen molar-refractivity contribution >= 4 is 51.3 Å². The van der Waals surface area contributed by atoms with Crippen molar-refractivity contribution < 1.29 is 18.7 Å². The molecule has 1 amide bonds. The number of methoxy groups -OCH3 is 2. The van der Waals surface area contributed by atoms with Crippen molar-refractivity contribution in [2.45, 2.75) is 6.92 Å². The SMILES string of the molecule is COc1cc2occ(-c3ccccc3OC)c2cc1/C(C)=C/C(=O)Nc1ccc(Cl)c(Cl)c1. The molecule has 5 nitrogen and oxygen atoms in total. The van der Waals surface area contributed by atoms with Crippen LogP contribution in [0.1, 0.15) is 12.5 Å². The van der Waals surface area contributed by atoms with E-state index >= 15 is 0 Å². The molecular weight excluding hydrogens is 461 g/mol. The summed E-state index contributed by atoms with van der Waals surface area (Å²) >= 11 is 12.0. The van der Waals surface area contributed by atoms with Gasteiger partial charge in [-0.3, -0.25) is 4.79 Å². The predicted octanol–water partition coefficient (Wildman–Crippen LogP) is 7.47. The molecule has 0 radical (unpaired) electrons. The van der Waals surface area contributed by atoms with E-state index < -0.39 is 0 Å². The van der Waals surface area contributed by atoms with Crippen molar-refractivity contribution in [2.75, 3.05) is 19.5 Å². The van der Waals surface area contributed by atoms with E-state index in [1.165, 1.54) is 6.08 Å². The Morgan fingerprint density at radius 2 is 1.70 bits per heavy atom. The number of allylic oxidation sites excluding steroid dienone is 1. The Labute approximate surface area is 201 Å². The van der Waals surface area contributed by atoms with Crippen LogP contribution in [0.25, 0.3) is 27.7 Å². The second kappa shape index (κ2) is 9.61. The molecule has 7 heteroatoms. The highest BCUT2D eigenvalue weighted by Gasteiger charge is 2.17. The van der Waals surface area contributed by atoms with Crippen LogP contribution in [0.3, 0.4) is 0 Å². The van der Waals surface area contributed by atoms with Gasteiger partial charge < -0.3 is 19.2 Å². The van der Waals surface area contributed by atoms with E-state index in [0.29, 0.717) is 27.1 Å². The van der Waals surface area contributed by atoms with Gasteiger partial charge in [0.2, 0.25) is 5.91 Å². The summed E-state index contributed by atoms with van der Waals surface area (Å²) in [6.45, 7) is 1.85. The minimum Gasteiger partial charge on any atom is -0.496 e. The lowest BCUT2D eigenvalue weighted by Crippen LogP contribution is -2.08. The first-order valence-corrected chi connectivity index (χ1v) is 10.8. The zero-order chi connectivity index (χ0) is 23.5. The number of hydrogen-bond donors (Lipinski definition) is 1. The highest BCUT2D eigenvalue weighted by Crippen LogP contribution is 2.40. The first-order valence-electron chi connectivity index (χ1n) is 10.1. The molecule has 168 valence electrons. The van der Waals surface area contributed by atoms with Gasteiger partial charge in [0.1, 0.15) is 17.1 Å². The summed E-state index contributed by atoms with van der Waals surface area (Å²) in [4.78, 5) is 12.6. The Morgan fingerprint density at radius 1 is 0.939 bits per heavy atom. The minimum atomic E-state index is -0.301. The summed E-state index contributed by atoms with van der Waals surface area (Å²) in [5.41, 5.74) is 4.51. The maximum Gasteiger partial charge on any atom is 0.248 e. The molecule has 0 aliphatic rings. The average molecular weight is 482 g/mol. The lowest BCUT2D eigenvalue weighted by atomic mass is 9.98. The van der Waals surface area contributed by atoms with E-state index in [1.807, 2.05) is 43.3 Å². The van der Waals surface area contributed by atoms with Crippen molar-refractivity contribution in [3.05, 3.63) is 82.5 Å². The van der Waals surface area contributed by atoms with E-state index in [9.17, 15) is 4.79 Å². The molecule has 4 rings (SSSR count). The zero-order valence-corrected chi connectivity index (χ0v) is 19.8. The highest BCUT2D eigenvalue weighted by molar-refractivity contribution is 6.42. The first kappa shape index (κ1) is 22.8. The molecule has 1 N–H and O–H groups in total. The highest BCUT2D eigenvalue weighted by atomic mass is 35.5. The number of amides is 1. The summed E-state index contributed by atoms with van der Waals surface area (Å²) in [5.74, 6) is 1.04. The van der Waals surface area contributed by atoms with Crippen molar-refractivity contribution in [2.24, 2.45) is 0 Å². The molecular formula is C26H21Cl2NO4. The molecule has 33 heavy (non-hydrogen) atoms. The van der Waals surface area contributed by atoms with E-state index in [0.717, 1.165) is 33.4 Å². The second-order valence-corrected chi connectivity index (χ2v) is 8.16. The monoisotopic (exact) mass is 481 g/mol. The van der Waals surface area contributed by atoms with E-state index in [1.54, 1.807) is 38.7 Å². The molecule has 0 bridgehead atoms. The second-order valence-electron chi connectivity index (χ2n) is 7.34. The number of rotatable bonds is 6. The number of carbonyl (C=O) groups excluding carboxylic acids is 1. The third-order valence-corrected chi connectivity index (χ3v) is 5.99. The fourth-order valence-corrected chi connectivity index (χ4v) is 3.93. The fourth-order valence-electron chi connectivity index (χ4n) is 3.63. The summed E-state index contributed by atoms with van der Waals surface area (Å²) in [6.07, 6.45) is 3.21. The molecule has 0 aliphatic heterocycles. The maximum atomic E-state index is 12.6. The molecule has 0 atom stereocenters. The quantitative estimate of drug-likeness (QED) is 0.290. The minimum absolute atomic E-state index is 0.301.